The summed E-state index contributed by atoms with van der Waals surface area (Å²) in [4.78, 5) is 10.5. The molecule has 0 saturated carbocycles. The monoisotopic (exact) mass is 214 g/mol. The van der Waals surface area contributed by atoms with Gasteiger partial charge in [-0.1, -0.05) is 0 Å². The van der Waals surface area contributed by atoms with Crippen molar-refractivity contribution in [2.75, 3.05) is 20.3 Å². The van der Waals surface area contributed by atoms with E-state index in [1.807, 2.05) is 0 Å². The molecule has 0 aromatic rings. The molecule has 0 rings (SSSR count). The first kappa shape index (κ1) is 13.2. The lowest BCUT2D eigenvalue weighted by molar-refractivity contribution is -0.143. The van der Waals surface area contributed by atoms with Crippen LogP contribution in [0.1, 0.15) is 19.3 Å². The highest BCUT2D eigenvalue weighted by molar-refractivity contribution is 5.69. The largest absolute Gasteiger partial charge is 0.469 e. The van der Waals surface area contributed by atoms with Crippen molar-refractivity contribution in [1.82, 2.24) is 0 Å². The van der Waals surface area contributed by atoms with E-state index in [1.54, 1.807) is 0 Å². The van der Waals surface area contributed by atoms with Crippen LogP contribution >= 0.6 is 0 Å². The molecule has 3 nitrogen and oxygen atoms in total. The van der Waals surface area contributed by atoms with E-state index in [9.17, 15) is 18.0 Å². The normalized spacial score (nSPS) is 11.4. The third-order valence-electron chi connectivity index (χ3n) is 1.43. The number of alkyl halides is 3. The van der Waals surface area contributed by atoms with Crippen LogP contribution in [0.5, 0.6) is 0 Å². The number of ether oxygens (including phenoxy) is 2. The predicted octanol–water partition coefficient (Wildman–Crippen LogP) is 1.91. The lowest BCUT2D eigenvalue weighted by Gasteiger charge is -2.06. The molecule has 0 heterocycles. The SMILES string of the molecule is COC(=O)CCOCCCC(F)(F)F. The average Bonchev–Trinajstić information content (AvgIpc) is 2.08. The van der Waals surface area contributed by atoms with Crippen molar-refractivity contribution in [3.05, 3.63) is 0 Å². The number of carbonyl (C=O) groups excluding carboxylic acids is 1. The highest BCUT2D eigenvalue weighted by Crippen LogP contribution is 2.20. The van der Waals surface area contributed by atoms with Gasteiger partial charge >= 0.3 is 12.1 Å². The molecule has 0 fully saturated rings. The van der Waals surface area contributed by atoms with Crippen molar-refractivity contribution in [2.24, 2.45) is 0 Å². The molecule has 0 N–H and O–H groups in total. The summed E-state index contributed by atoms with van der Waals surface area (Å²) in [5.74, 6) is -0.430. The van der Waals surface area contributed by atoms with E-state index >= 15 is 0 Å². The Bertz CT molecular complexity index is 168. The number of rotatable bonds is 6. The van der Waals surface area contributed by atoms with Crippen LogP contribution < -0.4 is 0 Å². The van der Waals surface area contributed by atoms with Gasteiger partial charge in [-0.15, -0.1) is 0 Å². The van der Waals surface area contributed by atoms with Crippen molar-refractivity contribution in [3.63, 3.8) is 0 Å². The molecule has 0 aliphatic heterocycles. The van der Waals surface area contributed by atoms with Crippen molar-refractivity contribution >= 4 is 5.97 Å². The standard InChI is InChI=1S/C8H13F3O3/c1-13-7(12)3-6-14-5-2-4-8(9,10)11/h2-6H2,1H3. The smallest absolute Gasteiger partial charge is 0.389 e. The molecule has 0 aromatic heterocycles. The van der Waals surface area contributed by atoms with Crippen LogP contribution in [0.3, 0.4) is 0 Å². The number of esters is 1. The number of halogens is 3. The molecule has 6 heteroatoms. The van der Waals surface area contributed by atoms with Crippen LogP contribution in [0.25, 0.3) is 0 Å². The molecule has 0 unspecified atom stereocenters. The van der Waals surface area contributed by atoms with Gasteiger partial charge in [-0.05, 0) is 6.42 Å². The number of carbonyl (C=O) groups is 1. The maximum atomic E-state index is 11.6. The third kappa shape index (κ3) is 9.31. The molecule has 84 valence electrons. The van der Waals surface area contributed by atoms with E-state index in [4.69, 9.17) is 4.74 Å². The fraction of sp³-hybridized carbons (Fsp3) is 0.875. The highest BCUT2D eigenvalue weighted by atomic mass is 19.4. The Balaban J connectivity index is 3.18. The first-order chi connectivity index (χ1) is 6.45. The molecular weight excluding hydrogens is 201 g/mol. The summed E-state index contributed by atoms with van der Waals surface area (Å²) < 4.78 is 44.0. The van der Waals surface area contributed by atoms with Gasteiger partial charge in [-0.25, -0.2) is 0 Å². The Hall–Kier alpha value is -0.780. The Morgan fingerprint density at radius 1 is 1.29 bits per heavy atom. The summed E-state index contributed by atoms with van der Waals surface area (Å²) in [5, 5.41) is 0. The van der Waals surface area contributed by atoms with Crippen LogP contribution in [0, 0.1) is 0 Å². The van der Waals surface area contributed by atoms with E-state index < -0.39 is 18.6 Å². The molecule has 0 aromatic carbocycles. The Morgan fingerprint density at radius 3 is 2.43 bits per heavy atom. The average molecular weight is 214 g/mol. The van der Waals surface area contributed by atoms with Gasteiger partial charge in [0.15, 0.2) is 0 Å². The Morgan fingerprint density at radius 2 is 1.93 bits per heavy atom. The van der Waals surface area contributed by atoms with Crippen LogP contribution in [0.4, 0.5) is 13.2 Å². The molecule has 14 heavy (non-hydrogen) atoms. The summed E-state index contributed by atoms with van der Waals surface area (Å²) in [7, 11) is 1.24. The number of methoxy groups -OCH3 is 1. The van der Waals surface area contributed by atoms with Crippen LogP contribution in [-0.2, 0) is 14.3 Å². The molecule has 0 amide bonds. The molecule has 0 spiro atoms. The minimum Gasteiger partial charge on any atom is -0.469 e. The zero-order valence-corrected chi connectivity index (χ0v) is 7.89. The van der Waals surface area contributed by atoms with E-state index in [0.717, 1.165) is 0 Å². The van der Waals surface area contributed by atoms with Gasteiger partial charge in [0, 0.05) is 13.0 Å². The van der Waals surface area contributed by atoms with Gasteiger partial charge in [-0.2, -0.15) is 13.2 Å². The molecule has 0 aliphatic rings. The zero-order chi connectivity index (χ0) is 11.0. The second kappa shape index (κ2) is 6.64. The molecular formula is C8H13F3O3. The third-order valence-corrected chi connectivity index (χ3v) is 1.43. The van der Waals surface area contributed by atoms with E-state index in [2.05, 4.69) is 4.74 Å². The van der Waals surface area contributed by atoms with Gasteiger partial charge in [0.2, 0.25) is 0 Å². The maximum Gasteiger partial charge on any atom is 0.389 e. The number of hydrogen-bond acceptors (Lipinski definition) is 3. The molecule has 0 radical (unpaired) electrons. The second-order valence-electron chi connectivity index (χ2n) is 2.66. The quantitative estimate of drug-likeness (QED) is 0.500. The van der Waals surface area contributed by atoms with Gasteiger partial charge in [-0.3, -0.25) is 4.79 Å². The van der Waals surface area contributed by atoms with Crippen molar-refractivity contribution < 1.29 is 27.4 Å². The van der Waals surface area contributed by atoms with E-state index in [-0.39, 0.29) is 26.1 Å². The summed E-state index contributed by atoms with van der Waals surface area (Å²) in [6.07, 6.45) is -5.00. The summed E-state index contributed by atoms with van der Waals surface area (Å²) in [5.41, 5.74) is 0. The lowest BCUT2D eigenvalue weighted by Crippen LogP contribution is -2.10. The minimum absolute atomic E-state index is 0.0104. The summed E-state index contributed by atoms with van der Waals surface area (Å²) >= 11 is 0. The lowest BCUT2D eigenvalue weighted by atomic mass is 10.3. The van der Waals surface area contributed by atoms with E-state index in [1.165, 1.54) is 7.11 Å². The molecule has 0 aliphatic carbocycles. The van der Waals surface area contributed by atoms with Gasteiger partial charge in [0.25, 0.3) is 0 Å². The van der Waals surface area contributed by atoms with Crippen molar-refractivity contribution in [3.8, 4) is 0 Å². The molecule has 0 saturated heterocycles. The first-order valence-corrected chi connectivity index (χ1v) is 4.17. The van der Waals surface area contributed by atoms with E-state index in [0.29, 0.717) is 0 Å². The van der Waals surface area contributed by atoms with Crippen LogP contribution in [-0.4, -0.2) is 32.5 Å². The maximum absolute atomic E-state index is 11.6. The summed E-state index contributed by atoms with van der Waals surface area (Å²) in [6, 6.07) is 0. The summed E-state index contributed by atoms with van der Waals surface area (Å²) in [6.45, 7) is 0.112. The number of hydrogen-bond donors (Lipinski definition) is 0. The second-order valence-corrected chi connectivity index (χ2v) is 2.66. The van der Waals surface area contributed by atoms with Crippen molar-refractivity contribution in [2.45, 2.75) is 25.4 Å². The van der Waals surface area contributed by atoms with Gasteiger partial charge < -0.3 is 9.47 Å². The van der Waals surface area contributed by atoms with Gasteiger partial charge in [0.1, 0.15) is 0 Å². The molecule has 0 atom stereocenters. The highest BCUT2D eigenvalue weighted by Gasteiger charge is 2.25. The Kier molecular flexibility index (Phi) is 6.27. The minimum atomic E-state index is -4.13. The van der Waals surface area contributed by atoms with Gasteiger partial charge in [0.05, 0.1) is 20.1 Å². The van der Waals surface area contributed by atoms with Crippen molar-refractivity contribution in [1.29, 1.82) is 0 Å². The van der Waals surface area contributed by atoms with Crippen LogP contribution in [0.15, 0.2) is 0 Å². The fourth-order valence-corrected chi connectivity index (χ4v) is 0.734. The van der Waals surface area contributed by atoms with Crippen LogP contribution in [0.2, 0.25) is 0 Å². The molecule has 0 bridgehead atoms. The topological polar surface area (TPSA) is 35.5 Å². The Labute approximate surface area is 80.2 Å². The first-order valence-electron chi connectivity index (χ1n) is 4.17. The zero-order valence-electron chi connectivity index (χ0n) is 7.89. The fourth-order valence-electron chi connectivity index (χ4n) is 0.734. The predicted molar refractivity (Wildman–Crippen MR) is 42.7 cm³/mol.